The van der Waals surface area contributed by atoms with Crippen molar-refractivity contribution in [3.8, 4) is 0 Å². The van der Waals surface area contributed by atoms with Crippen LogP contribution in [-0.2, 0) is 10.0 Å². The molecule has 3 aromatic rings. The molecule has 0 amide bonds. The Morgan fingerprint density at radius 2 is 2.17 bits per heavy atom. The van der Waals surface area contributed by atoms with Crippen molar-refractivity contribution < 1.29 is 8.42 Å². The average molecular weight is 347 g/mol. The fourth-order valence-corrected chi connectivity index (χ4v) is 4.20. The van der Waals surface area contributed by atoms with Crippen molar-refractivity contribution in [2.24, 2.45) is 0 Å². The molecule has 23 heavy (non-hydrogen) atoms. The Morgan fingerprint density at radius 3 is 2.83 bits per heavy atom. The minimum atomic E-state index is -3.55. The molecular weight excluding hydrogens is 330 g/mol. The van der Waals surface area contributed by atoms with Gasteiger partial charge in [-0.1, -0.05) is 12.1 Å². The number of benzene rings is 1. The Morgan fingerprint density at radius 1 is 1.30 bits per heavy atom. The third-order valence-electron chi connectivity index (χ3n) is 3.54. The van der Waals surface area contributed by atoms with E-state index in [9.17, 15) is 8.42 Å². The third kappa shape index (κ3) is 3.69. The lowest BCUT2D eigenvalue weighted by Crippen LogP contribution is -2.31. The third-order valence-corrected chi connectivity index (χ3v) is 5.66. The van der Waals surface area contributed by atoms with Crippen LogP contribution in [0.2, 0.25) is 0 Å². The molecular formula is C16H17N3O2S2. The van der Waals surface area contributed by atoms with Gasteiger partial charge in [0.15, 0.2) is 0 Å². The van der Waals surface area contributed by atoms with E-state index >= 15 is 0 Å². The molecule has 1 N–H and O–H groups in total. The highest BCUT2D eigenvalue weighted by Crippen LogP contribution is 2.20. The molecule has 0 spiro atoms. The van der Waals surface area contributed by atoms with Gasteiger partial charge in [0.2, 0.25) is 10.0 Å². The van der Waals surface area contributed by atoms with Gasteiger partial charge in [-0.15, -0.1) is 0 Å². The average Bonchev–Trinajstić information content (AvgIpc) is 3.21. The van der Waals surface area contributed by atoms with E-state index in [1.54, 1.807) is 40.4 Å². The Kier molecular flexibility index (Phi) is 4.61. The second kappa shape index (κ2) is 6.66. The highest BCUT2D eigenvalue weighted by molar-refractivity contribution is 7.89. The molecule has 0 saturated heterocycles. The highest BCUT2D eigenvalue weighted by atomic mass is 32.2. The molecule has 0 bridgehead atoms. The molecule has 0 saturated carbocycles. The quantitative estimate of drug-likeness (QED) is 0.746. The molecule has 3 rings (SSSR count). The summed E-state index contributed by atoms with van der Waals surface area (Å²) in [6.45, 7) is 2.12. The van der Waals surface area contributed by atoms with Crippen molar-refractivity contribution >= 4 is 21.4 Å². The van der Waals surface area contributed by atoms with Gasteiger partial charge in [0, 0.05) is 18.9 Å². The van der Waals surface area contributed by atoms with E-state index in [2.05, 4.69) is 9.82 Å². The van der Waals surface area contributed by atoms with Crippen molar-refractivity contribution in [2.45, 2.75) is 17.9 Å². The second-order valence-corrected chi connectivity index (χ2v) is 7.77. The molecule has 0 radical (unpaired) electrons. The van der Waals surface area contributed by atoms with Crippen molar-refractivity contribution in [1.29, 1.82) is 0 Å². The first-order chi connectivity index (χ1) is 11.1. The molecule has 0 unspecified atom stereocenters. The maximum absolute atomic E-state index is 12.5. The zero-order chi connectivity index (χ0) is 16.3. The minimum absolute atomic E-state index is 0.171. The minimum Gasteiger partial charge on any atom is -0.264 e. The van der Waals surface area contributed by atoms with E-state index in [1.807, 2.05) is 42.1 Å². The number of sulfonamides is 1. The number of hydrogen-bond acceptors (Lipinski definition) is 4. The predicted molar refractivity (Wildman–Crippen MR) is 91.1 cm³/mol. The Bertz CT molecular complexity index is 822. The summed E-state index contributed by atoms with van der Waals surface area (Å²) < 4.78 is 29.4. The normalized spacial score (nSPS) is 13.1. The maximum atomic E-state index is 12.5. The van der Waals surface area contributed by atoms with E-state index in [0.29, 0.717) is 0 Å². The Balaban J connectivity index is 1.82. The summed E-state index contributed by atoms with van der Waals surface area (Å²) in [6, 6.07) is 10.5. The topological polar surface area (TPSA) is 64.0 Å². The summed E-state index contributed by atoms with van der Waals surface area (Å²) in [5, 5.41) is 8.23. The number of aryl methyl sites for hydroxylation is 1. The molecule has 0 aliphatic carbocycles. The molecule has 2 aromatic heterocycles. The lowest BCUT2D eigenvalue weighted by molar-refractivity contribution is 0.506. The molecule has 1 aromatic carbocycles. The van der Waals surface area contributed by atoms with Crippen LogP contribution in [0.1, 0.15) is 17.2 Å². The number of nitrogens with one attached hydrogen (secondary N) is 1. The molecule has 5 nitrogen and oxygen atoms in total. The van der Waals surface area contributed by atoms with Gasteiger partial charge in [-0.2, -0.15) is 16.4 Å². The number of nitrogens with zero attached hydrogens (tertiary/aromatic N) is 2. The number of thiophene rings is 1. The summed E-state index contributed by atoms with van der Waals surface area (Å²) in [5.41, 5.74) is 1.94. The summed E-state index contributed by atoms with van der Waals surface area (Å²) >= 11 is 1.58. The SMILES string of the molecule is Cc1cccc(S(=O)(=O)NC[C@H](c2ccsc2)n2cccn2)c1. The van der Waals surface area contributed by atoms with Crippen molar-refractivity contribution in [3.05, 3.63) is 70.7 Å². The van der Waals surface area contributed by atoms with Crippen LogP contribution in [0.5, 0.6) is 0 Å². The highest BCUT2D eigenvalue weighted by Gasteiger charge is 2.20. The Labute approximate surface area is 139 Å². The monoisotopic (exact) mass is 347 g/mol. The lowest BCUT2D eigenvalue weighted by Gasteiger charge is -2.17. The molecule has 0 aliphatic heterocycles. The van der Waals surface area contributed by atoms with Crippen LogP contribution < -0.4 is 4.72 Å². The number of hydrogen-bond donors (Lipinski definition) is 1. The summed E-state index contributed by atoms with van der Waals surface area (Å²) in [5.74, 6) is 0. The van der Waals surface area contributed by atoms with E-state index in [0.717, 1.165) is 11.1 Å². The van der Waals surface area contributed by atoms with Gasteiger partial charge in [-0.25, -0.2) is 13.1 Å². The van der Waals surface area contributed by atoms with Gasteiger partial charge in [-0.05, 0) is 53.1 Å². The second-order valence-electron chi connectivity index (χ2n) is 5.23. The van der Waals surface area contributed by atoms with Gasteiger partial charge >= 0.3 is 0 Å². The van der Waals surface area contributed by atoms with Gasteiger partial charge in [0.05, 0.1) is 10.9 Å². The summed E-state index contributed by atoms with van der Waals surface area (Å²) in [4.78, 5) is 0.280. The first kappa shape index (κ1) is 15.9. The molecule has 0 aliphatic rings. The fourth-order valence-electron chi connectivity index (χ4n) is 2.35. The predicted octanol–water partition coefficient (Wildman–Crippen LogP) is 2.82. The molecule has 1 atom stereocenters. The first-order valence-electron chi connectivity index (χ1n) is 7.14. The van der Waals surface area contributed by atoms with Crippen LogP contribution in [-0.4, -0.2) is 24.7 Å². The smallest absolute Gasteiger partial charge is 0.240 e. The van der Waals surface area contributed by atoms with Crippen LogP contribution in [0, 0.1) is 6.92 Å². The molecule has 7 heteroatoms. The molecule has 2 heterocycles. The van der Waals surface area contributed by atoms with E-state index in [1.165, 1.54) is 0 Å². The number of aromatic nitrogens is 2. The summed E-state index contributed by atoms with van der Waals surface area (Å²) in [6.07, 6.45) is 3.53. The van der Waals surface area contributed by atoms with Crippen molar-refractivity contribution in [2.75, 3.05) is 6.54 Å². The Hall–Kier alpha value is -1.96. The van der Waals surface area contributed by atoms with Crippen LogP contribution in [0.15, 0.2) is 64.4 Å². The first-order valence-corrected chi connectivity index (χ1v) is 9.56. The fraction of sp³-hybridized carbons (Fsp3) is 0.188. The van der Waals surface area contributed by atoms with Gasteiger partial charge < -0.3 is 0 Å². The van der Waals surface area contributed by atoms with E-state index in [-0.39, 0.29) is 17.5 Å². The van der Waals surface area contributed by atoms with Crippen LogP contribution in [0.3, 0.4) is 0 Å². The number of rotatable bonds is 6. The van der Waals surface area contributed by atoms with Gasteiger partial charge in [0.25, 0.3) is 0 Å². The van der Waals surface area contributed by atoms with Crippen molar-refractivity contribution in [1.82, 2.24) is 14.5 Å². The zero-order valence-electron chi connectivity index (χ0n) is 12.6. The standard InChI is InChI=1S/C16H17N3O2S2/c1-13-4-2-5-15(10-13)23(20,21)18-11-16(14-6-9-22-12-14)19-8-3-7-17-19/h2-10,12,16,18H,11H2,1H3/t16-/m1/s1. The molecule has 120 valence electrons. The van der Waals surface area contributed by atoms with E-state index in [4.69, 9.17) is 0 Å². The molecule has 0 fully saturated rings. The van der Waals surface area contributed by atoms with Crippen LogP contribution in [0.4, 0.5) is 0 Å². The van der Waals surface area contributed by atoms with Gasteiger partial charge in [-0.3, -0.25) is 4.68 Å². The van der Waals surface area contributed by atoms with E-state index < -0.39 is 10.0 Å². The largest absolute Gasteiger partial charge is 0.264 e. The van der Waals surface area contributed by atoms with Crippen LogP contribution >= 0.6 is 11.3 Å². The maximum Gasteiger partial charge on any atom is 0.240 e. The summed E-state index contributed by atoms with van der Waals surface area (Å²) in [7, 11) is -3.55. The van der Waals surface area contributed by atoms with Crippen molar-refractivity contribution in [3.63, 3.8) is 0 Å². The van der Waals surface area contributed by atoms with Gasteiger partial charge in [0.1, 0.15) is 0 Å². The lowest BCUT2D eigenvalue weighted by atomic mass is 10.1. The zero-order valence-corrected chi connectivity index (χ0v) is 14.2. The van der Waals surface area contributed by atoms with Crippen LogP contribution in [0.25, 0.3) is 0 Å².